The van der Waals surface area contributed by atoms with Crippen molar-refractivity contribution in [1.82, 2.24) is 16.0 Å². The van der Waals surface area contributed by atoms with Gasteiger partial charge in [-0.25, -0.2) is 4.79 Å². The largest absolute Gasteiger partial charge is 0.487 e. The number of alkyl carbamates (subject to hydrolysis) is 1. The zero-order valence-corrected chi connectivity index (χ0v) is 21.1. The molecule has 0 unspecified atom stereocenters. The van der Waals surface area contributed by atoms with Gasteiger partial charge in [0.05, 0.1) is 6.54 Å². The Balaban J connectivity index is 2.48. The third-order valence-corrected chi connectivity index (χ3v) is 5.15. The van der Waals surface area contributed by atoms with E-state index in [0.29, 0.717) is 17.7 Å². The van der Waals surface area contributed by atoms with Gasteiger partial charge in [-0.1, -0.05) is 27.7 Å². The molecule has 0 saturated carbocycles. The second kappa shape index (κ2) is 11.4. The monoisotopic (exact) mass is 475 g/mol. The Bertz CT molecular complexity index is 889. The number of ketones is 1. The number of carbonyl (C=O) groups is 4. The van der Waals surface area contributed by atoms with Crippen LogP contribution in [0.25, 0.3) is 0 Å². The number of amides is 3. The summed E-state index contributed by atoms with van der Waals surface area (Å²) in [5, 5.41) is 8.01. The molecule has 0 saturated heterocycles. The van der Waals surface area contributed by atoms with Crippen molar-refractivity contribution < 1.29 is 28.7 Å². The lowest BCUT2D eigenvalue weighted by Gasteiger charge is -2.32. The molecule has 2 heterocycles. The van der Waals surface area contributed by atoms with Crippen LogP contribution in [-0.4, -0.2) is 54.0 Å². The molecule has 0 spiro atoms. The molecule has 1 aromatic carbocycles. The summed E-state index contributed by atoms with van der Waals surface area (Å²) in [5.41, 5.74) is -0.336. The fourth-order valence-corrected chi connectivity index (χ4v) is 3.55. The Labute approximate surface area is 201 Å². The molecule has 9 nitrogen and oxygen atoms in total. The highest BCUT2D eigenvalue weighted by molar-refractivity contribution is 6.00. The molecule has 3 amide bonds. The molecule has 0 radical (unpaired) electrons. The molecular formula is C25H37N3O6. The van der Waals surface area contributed by atoms with E-state index in [2.05, 4.69) is 16.0 Å². The van der Waals surface area contributed by atoms with Crippen molar-refractivity contribution >= 4 is 23.7 Å². The van der Waals surface area contributed by atoms with E-state index in [-0.39, 0.29) is 24.2 Å². The molecule has 0 fully saturated rings. The summed E-state index contributed by atoms with van der Waals surface area (Å²) in [5.74, 6) is -0.966. The molecule has 3 rings (SSSR count). The van der Waals surface area contributed by atoms with Crippen LogP contribution in [0.3, 0.4) is 0 Å². The van der Waals surface area contributed by atoms with Crippen LogP contribution in [0.2, 0.25) is 0 Å². The van der Waals surface area contributed by atoms with E-state index in [4.69, 9.17) is 9.47 Å². The van der Waals surface area contributed by atoms with Gasteiger partial charge < -0.3 is 25.4 Å². The van der Waals surface area contributed by atoms with Crippen molar-refractivity contribution in [3.63, 3.8) is 0 Å². The Hall–Kier alpha value is -3.10. The number of rotatable bonds is 4. The molecule has 3 atom stereocenters. The van der Waals surface area contributed by atoms with Crippen molar-refractivity contribution in [2.24, 2.45) is 11.8 Å². The number of hydrogen-bond acceptors (Lipinski definition) is 6. The molecule has 34 heavy (non-hydrogen) atoms. The maximum Gasteiger partial charge on any atom is 0.408 e. The molecule has 3 N–H and O–H groups in total. The number of Topliss-reactive ketones (excluding diaryl/α,β-unsaturated/α-hetero) is 1. The molecule has 0 aliphatic carbocycles. The molecule has 2 aliphatic rings. The Morgan fingerprint density at radius 2 is 1.71 bits per heavy atom. The average Bonchev–Trinajstić information content (AvgIpc) is 2.71. The predicted molar refractivity (Wildman–Crippen MR) is 128 cm³/mol. The quantitative estimate of drug-likeness (QED) is 0.615. The lowest BCUT2D eigenvalue weighted by atomic mass is 9.96. The van der Waals surface area contributed by atoms with E-state index in [1.165, 1.54) is 0 Å². The van der Waals surface area contributed by atoms with Crippen molar-refractivity contribution in [3.8, 4) is 5.75 Å². The highest BCUT2D eigenvalue weighted by Gasteiger charge is 2.37. The fourth-order valence-electron chi connectivity index (χ4n) is 3.55. The maximum absolute atomic E-state index is 13.4. The van der Waals surface area contributed by atoms with Gasteiger partial charge in [0.2, 0.25) is 11.8 Å². The predicted octanol–water partition coefficient (Wildman–Crippen LogP) is 2.83. The van der Waals surface area contributed by atoms with Gasteiger partial charge in [-0.3, -0.25) is 14.4 Å². The van der Waals surface area contributed by atoms with Crippen molar-refractivity contribution in [3.05, 3.63) is 29.8 Å². The van der Waals surface area contributed by atoms with Crippen LogP contribution in [0.1, 0.15) is 65.2 Å². The van der Waals surface area contributed by atoms with Crippen molar-refractivity contribution in [1.29, 1.82) is 0 Å². The van der Waals surface area contributed by atoms with Gasteiger partial charge in [-0.05, 0) is 63.3 Å². The Morgan fingerprint density at radius 3 is 2.24 bits per heavy atom. The standard InChI is InChI=1S/C25H37N3O6/c1-14(2)12-18-22(30)26-13-19(29)16-8-10-17(11-9-16)33-21(15(3)4)20(23(31)27-18)28-24(32)34-25(5,6)7/h8-11,14-15,18,20-21H,12-13H2,1-7H3,(H,26,30)(H,27,31)(H,28,32)/t18-,20-,21-/m0/s1. The number of nitrogens with one attached hydrogen (secondary N) is 3. The maximum atomic E-state index is 13.4. The van der Waals surface area contributed by atoms with Crippen LogP contribution in [0.15, 0.2) is 24.3 Å². The fraction of sp³-hybridized carbons (Fsp3) is 0.600. The summed E-state index contributed by atoms with van der Waals surface area (Å²) < 4.78 is 11.5. The van der Waals surface area contributed by atoms with Gasteiger partial charge in [0, 0.05) is 5.56 Å². The average molecular weight is 476 g/mol. The normalized spacial score (nSPS) is 22.0. The van der Waals surface area contributed by atoms with E-state index in [1.54, 1.807) is 45.0 Å². The van der Waals surface area contributed by atoms with Gasteiger partial charge in [0.1, 0.15) is 29.5 Å². The van der Waals surface area contributed by atoms with E-state index < -0.39 is 41.7 Å². The molecular weight excluding hydrogens is 438 g/mol. The van der Waals surface area contributed by atoms with Gasteiger partial charge in [0.15, 0.2) is 5.78 Å². The van der Waals surface area contributed by atoms with Gasteiger partial charge in [0.25, 0.3) is 0 Å². The summed E-state index contributed by atoms with van der Waals surface area (Å²) in [6, 6.07) is 4.44. The van der Waals surface area contributed by atoms with Crippen LogP contribution in [-0.2, 0) is 14.3 Å². The van der Waals surface area contributed by atoms with Gasteiger partial charge >= 0.3 is 6.09 Å². The molecule has 2 aliphatic heterocycles. The third-order valence-electron chi connectivity index (χ3n) is 5.15. The van der Waals surface area contributed by atoms with Gasteiger partial charge in [-0.15, -0.1) is 0 Å². The summed E-state index contributed by atoms with van der Waals surface area (Å²) in [4.78, 5) is 51.4. The zero-order chi connectivity index (χ0) is 25.6. The summed E-state index contributed by atoms with van der Waals surface area (Å²) >= 11 is 0. The molecule has 188 valence electrons. The minimum absolute atomic E-state index is 0.0897. The minimum Gasteiger partial charge on any atom is -0.487 e. The lowest BCUT2D eigenvalue weighted by Crippen LogP contribution is -2.60. The summed E-state index contributed by atoms with van der Waals surface area (Å²) in [6.45, 7) is 12.5. The highest BCUT2D eigenvalue weighted by atomic mass is 16.6. The highest BCUT2D eigenvalue weighted by Crippen LogP contribution is 2.21. The number of fused-ring (bicyclic) bond motifs is 11. The van der Waals surface area contributed by atoms with E-state index >= 15 is 0 Å². The van der Waals surface area contributed by atoms with Gasteiger partial charge in [-0.2, -0.15) is 0 Å². The Kier molecular flexibility index (Phi) is 9.06. The second-order valence-electron chi connectivity index (χ2n) is 10.3. The zero-order valence-electron chi connectivity index (χ0n) is 21.1. The first-order valence-electron chi connectivity index (χ1n) is 11.6. The third kappa shape index (κ3) is 8.04. The van der Waals surface area contributed by atoms with Crippen LogP contribution in [0.5, 0.6) is 5.75 Å². The first-order valence-corrected chi connectivity index (χ1v) is 11.6. The second-order valence-corrected chi connectivity index (χ2v) is 10.3. The van der Waals surface area contributed by atoms with Crippen LogP contribution in [0.4, 0.5) is 4.79 Å². The van der Waals surface area contributed by atoms with E-state index in [0.717, 1.165) is 0 Å². The SMILES string of the molecule is CC(C)C[C@@H]1NC(=O)[C@@H](NC(=O)OC(C)(C)C)[C@H](C(C)C)Oc2ccc(cc2)C(=O)CNC1=O. The molecule has 1 aromatic rings. The molecule has 9 heteroatoms. The smallest absolute Gasteiger partial charge is 0.408 e. The first kappa shape index (κ1) is 27.1. The number of ether oxygens (including phenoxy) is 2. The Morgan fingerprint density at radius 1 is 1.09 bits per heavy atom. The molecule has 2 bridgehead atoms. The lowest BCUT2D eigenvalue weighted by molar-refractivity contribution is -0.132. The topological polar surface area (TPSA) is 123 Å². The van der Waals surface area contributed by atoms with E-state index in [9.17, 15) is 19.2 Å². The van der Waals surface area contributed by atoms with Crippen LogP contribution < -0.4 is 20.7 Å². The minimum atomic E-state index is -1.14. The number of carbonyl (C=O) groups excluding carboxylic acids is 4. The van der Waals surface area contributed by atoms with Crippen LogP contribution in [0, 0.1) is 11.8 Å². The molecule has 0 aromatic heterocycles. The number of hydrogen-bond donors (Lipinski definition) is 3. The van der Waals surface area contributed by atoms with Crippen molar-refractivity contribution in [2.45, 2.75) is 78.7 Å². The summed E-state index contributed by atoms with van der Waals surface area (Å²) in [7, 11) is 0. The van der Waals surface area contributed by atoms with Crippen LogP contribution >= 0.6 is 0 Å². The van der Waals surface area contributed by atoms with Crippen molar-refractivity contribution in [2.75, 3.05) is 6.54 Å². The summed E-state index contributed by atoms with van der Waals surface area (Å²) in [6.07, 6.45) is -1.19. The number of benzene rings is 1. The first-order chi connectivity index (χ1) is 15.8. The van der Waals surface area contributed by atoms with E-state index in [1.807, 2.05) is 27.7 Å².